The second kappa shape index (κ2) is 10.3. The molecule has 0 unspecified atom stereocenters. The van der Waals surface area contributed by atoms with Gasteiger partial charge >= 0.3 is 0 Å². The SMILES string of the molecule is c1ccc(-c2cc(-n3c4ccccc4c4c5oc6ccccc6c5ccc43)cc(-n3c4ccccc4c4c5oc6ccccc6c5ccc43)c2)cc1. The molecule has 12 aromatic rings. The van der Waals surface area contributed by atoms with E-state index in [1.807, 2.05) is 12.1 Å². The van der Waals surface area contributed by atoms with Crippen LogP contribution in [0, 0.1) is 0 Å². The smallest absolute Gasteiger partial charge is 0.145 e. The molecule has 12 rings (SSSR count). The average molecular weight is 665 g/mol. The van der Waals surface area contributed by atoms with Gasteiger partial charge in [0.2, 0.25) is 0 Å². The molecular formula is C48H28N2O2. The van der Waals surface area contributed by atoms with Crippen LogP contribution >= 0.6 is 0 Å². The summed E-state index contributed by atoms with van der Waals surface area (Å²) in [6, 6.07) is 60.6. The lowest BCUT2D eigenvalue weighted by molar-refractivity contribution is 0.672. The minimum atomic E-state index is 0.903. The van der Waals surface area contributed by atoms with Crippen LogP contribution in [0.5, 0.6) is 0 Å². The maximum Gasteiger partial charge on any atom is 0.145 e. The quantitative estimate of drug-likeness (QED) is 0.188. The fourth-order valence-corrected chi connectivity index (χ4v) is 8.68. The third kappa shape index (κ3) is 3.70. The Labute approximate surface area is 296 Å². The molecule has 4 nitrogen and oxygen atoms in total. The molecule has 0 radical (unpaired) electrons. The van der Waals surface area contributed by atoms with Gasteiger partial charge in [-0.1, -0.05) is 103 Å². The molecule has 8 aromatic carbocycles. The molecule has 0 aliphatic carbocycles. The maximum absolute atomic E-state index is 6.63. The highest BCUT2D eigenvalue weighted by atomic mass is 16.3. The summed E-state index contributed by atoms with van der Waals surface area (Å²) in [5, 5.41) is 9.11. The van der Waals surface area contributed by atoms with Crippen LogP contribution in [0.1, 0.15) is 0 Å². The van der Waals surface area contributed by atoms with E-state index in [0.29, 0.717) is 0 Å². The van der Waals surface area contributed by atoms with Crippen molar-refractivity contribution < 1.29 is 8.83 Å². The van der Waals surface area contributed by atoms with E-state index in [1.165, 1.54) is 0 Å². The molecule has 0 spiro atoms. The Kier molecular flexibility index (Phi) is 5.47. The van der Waals surface area contributed by atoms with Crippen molar-refractivity contribution in [2.24, 2.45) is 0 Å². The van der Waals surface area contributed by atoms with E-state index in [0.717, 1.165) is 110 Å². The second-order valence-electron chi connectivity index (χ2n) is 13.7. The lowest BCUT2D eigenvalue weighted by Crippen LogP contribution is -2.00. The third-order valence-electron chi connectivity index (χ3n) is 10.9. The number of rotatable bonds is 3. The average Bonchev–Trinajstić information content (AvgIpc) is 3.95. The van der Waals surface area contributed by atoms with E-state index < -0.39 is 0 Å². The fourth-order valence-electron chi connectivity index (χ4n) is 8.68. The van der Waals surface area contributed by atoms with Crippen molar-refractivity contribution >= 4 is 87.5 Å². The molecule has 0 saturated heterocycles. The molecule has 0 amide bonds. The Bertz CT molecular complexity index is 3200. The standard InChI is InChI=1S/C48H28N2O2/c1-2-12-29(13-3-1)30-26-31(49-39-18-8-4-16-37(39)45-41(49)24-22-35-33-14-6-10-20-43(33)51-47(35)45)28-32(27-30)50-40-19-9-5-17-38(40)46-42(50)25-23-36-34-15-7-11-21-44(34)52-48(36)46/h1-28H. The van der Waals surface area contributed by atoms with Gasteiger partial charge in [-0.15, -0.1) is 0 Å². The van der Waals surface area contributed by atoms with E-state index >= 15 is 0 Å². The summed E-state index contributed by atoms with van der Waals surface area (Å²) >= 11 is 0. The molecule has 4 aromatic heterocycles. The number of hydrogen-bond donors (Lipinski definition) is 0. The Morgan fingerprint density at radius 1 is 0.308 bits per heavy atom. The van der Waals surface area contributed by atoms with Crippen LogP contribution in [0.4, 0.5) is 0 Å². The Balaban J connectivity index is 1.21. The largest absolute Gasteiger partial charge is 0.455 e. The van der Waals surface area contributed by atoms with Gasteiger partial charge in [0, 0.05) is 43.7 Å². The molecule has 0 aliphatic heterocycles. The zero-order chi connectivity index (χ0) is 33.9. The van der Waals surface area contributed by atoms with Gasteiger partial charge in [-0.2, -0.15) is 0 Å². The molecule has 0 bridgehead atoms. The summed E-state index contributed by atoms with van der Waals surface area (Å²) in [4.78, 5) is 0. The lowest BCUT2D eigenvalue weighted by atomic mass is 10.0. The van der Waals surface area contributed by atoms with E-state index in [9.17, 15) is 0 Å². The topological polar surface area (TPSA) is 36.1 Å². The van der Waals surface area contributed by atoms with Crippen molar-refractivity contribution in [1.82, 2.24) is 9.13 Å². The second-order valence-corrected chi connectivity index (χ2v) is 13.7. The predicted octanol–water partition coefficient (Wildman–Crippen LogP) is 13.3. The van der Waals surface area contributed by atoms with Crippen LogP contribution in [0.25, 0.3) is 110 Å². The van der Waals surface area contributed by atoms with E-state index in [-0.39, 0.29) is 0 Å². The molecule has 0 saturated carbocycles. The molecular weight excluding hydrogens is 637 g/mol. The Hall–Kier alpha value is -7.04. The zero-order valence-electron chi connectivity index (χ0n) is 27.9. The number of hydrogen-bond acceptors (Lipinski definition) is 2. The van der Waals surface area contributed by atoms with E-state index in [1.54, 1.807) is 0 Å². The van der Waals surface area contributed by atoms with E-state index in [2.05, 4.69) is 167 Å². The first-order chi connectivity index (χ1) is 25.8. The van der Waals surface area contributed by atoms with Crippen LogP contribution in [-0.4, -0.2) is 9.13 Å². The van der Waals surface area contributed by atoms with Gasteiger partial charge in [-0.25, -0.2) is 0 Å². The monoisotopic (exact) mass is 664 g/mol. The van der Waals surface area contributed by atoms with Gasteiger partial charge < -0.3 is 18.0 Å². The summed E-state index contributed by atoms with van der Waals surface area (Å²) in [5.74, 6) is 0. The van der Waals surface area contributed by atoms with Crippen molar-refractivity contribution in [3.05, 3.63) is 170 Å². The first kappa shape index (κ1) is 27.7. The number of fused-ring (bicyclic) bond motifs is 14. The zero-order valence-corrected chi connectivity index (χ0v) is 27.9. The van der Waals surface area contributed by atoms with Crippen LogP contribution in [0.3, 0.4) is 0 Å². The van der Waals surface area contributed by atoms with Crippen molar-refractivity contribution in [3.63, 3.8) is 0 Å². The number of para-hydroxylation sites is 4. The van der Waals surface area contributed by atoms with Gasteiger partial charge in [0.1, 0.15) is 22.3 Å². The van der Waals surface area contributed by atoms with Crippen LogP contribution in [0.15, 0.2) is 179 Å². The van der Waals surface area contributed by atoms with Gasteiger partial charge in [-0.05, 0) is 77.9 Å². The summed E-state index contributed by atoms with van der Waals surface area (Å²) in [6.45, 7) is 0. The summed E-state index contributed by atoms with van der Waals surface area (Å²) < 4.78 is 18.1. The van der Waals surface area contributed by atoms with Crippen molar-refractivity contribution in [2.75, 3.05) is 0 Å². The van der Waals surface area contributed by atoms with Gasteiger partial charge in [-0.3, -0.25) is 0 Å². The molecule has 4 heteroatoms. The van der Waals surface area contributed by atoms with Crippen molar-refractivity contribution in [1.29, 1.82) is 0 Å². The highest BCUT2D eigenvalue weighted by Crippen LogP contribution is 2.44. The lowest BCUT2D eigenvalue weighted by Gasteiger charge is -2.16. The normalized spacial score (nSPS) is 12.2. The Morgan fingerprint density at radius 2 is 0.750 bits per heavy atom. The van der Waals surface area contributed by atoms with Crippen LogP contribution < -0.4 is 0 Å². The molecule has 52 heavy (non-hydrogen) atoms. The molecule has 242 valence electrons. The van der Waals surface area contributed by atoms with Crippen LogP contribution in [0.2, 0.25) is 0 Å². The Morgan fingerprint density at radius 3 is 1.27 bits per heavy atom. The molecule has 0 N–H and O–H groups in total. The van der Waals surface area contributed by atoms with Crippen molar-refractivity contribution in [2.45, 2.75) is 0 Å². The number of nitrogens with zero attached hydrogens (tertiary/aromatic N) is 2. The van der Waals surface area contributed by atoms with Gasteiger partial charge in [0.15, 0.2) is 0 Å². The van der Waals surface area contributed by atoms with E-state index in [4.69, 9.17) is 8.83 Å². The van der Waals surface area contributed by atoms with Crippen LogP contribution in [-0.2, 0) is 0 Å². The predicted molar refractivity (Wildman–Crippen MR) is 215 cm³/mol. The number of benzene rings is 8. The maximum atomic E-state index is 6.63. The third-order valence-corrected chi connectivity index (χ3v) is 10.9. The minimum absolute atomic E-state index is 0.903. The highest BCUT2D eigenvalue weighted by molar-refractivity contribution is 6.25. The number of aromatic nitrogens is 2. The summed E-state index contributed by atoms with van der Waals surface area (Å²) in [5.41, 5.74) is 12.6. The first-order valence-electron chi connectivity index (χ1n) is 17.7. The summed E-state index contributed by atoms with van der Waals surface area (Å²) in [6.07, 6.45) is 0. The van der Waals surface area contributed by atoms with Crippen molar-refractivity contribution in [3.8, 4) is 22.5 Å². The number of furan rings is 2. The minimum Gasteiger partial charge on any atom is -0.455 e. The molecule has 0 aliphatic rings. The fraction of sp³-hybridized carbons (Fsp3) is 0. The molecule has 4 heterocycles. The molecule has 0 atom stereocenters. The first-order valence-corrected chi connectivity index (χ1v) is 17.7. The summed E-state index contributed by atoms with van der Waals surface area (Å²) in [7, 11) is 0. The highest BCUT2D eigenvalue weighted by Gasteiger charge is 2.22. The molecule has 0 fully saturated rings. The van der Waals surface area contributed by atoms with Gasteiger partial charge in [0.25, 0.3) is 0 Å². The van der Waals surface area contributed by atoms with Gasteiger partial charge in [0.05, 0.1) is 32.8 Å².